The number of halogens is 1. The van der Waals surface area contributed by atoms with Gasteiger partial charge in [-0.15, -0.1) is 11.6 Å². The predicted octanol–water partition coefficient (Wildman–Crippen LogP) is 3.64. The molecule has 0 amide bonds. The summed E-state index contributed by atoms with van der Waals surface area (Å²) in [5.74, 6) is 3.57. The van der Waals surface area contributed by atoms with Gasteiger partial charge in [-0.3, -0.25) is 0 Å². The van der Waals surface area contributed by atoms with Crippen molar-refractivity contribution in [3.63, 3.8) is 0 Å². The molecule has 0 aromatic heterocycles. The minimum absolute atomic E-state index is 0.726. The number of alkyl halides is 1. The summed E-state index contributed by atoms with van der Waals surface area (Å²) >= 11 is 7.76. The lowest BCUT2D eigenvalue weighted by Crippen LogP contribution is -2.10. The molecule has 0 saturated carbocycles. The fourth-order valence-corrected chi connectivity index (χ4v) is 2.04. The minimum atomic E-state index is 0.726. The van der Waals surface area contributed by atoms with Crippen LogP contribution in [0.2, 0.25) is 0 Å². The third kappa shape index (κ3) is 5.86. The monoisotopic (exact) mass is 194 g/mol. The first-order valence-electron chi connectivity index (χ1n) is 4.27. The first kappa shape index (κ1) is 11.6. The van der Waals surface area contributed by atoms with E-state index in [1.54, 1.807) is 0 Å². The molecule has 0 N–H and O–H groups in total. The van der Waals surface area contributed by atoms with Gasteiger partial charge in [0.15, 0.2) is 0 Å². The van der Waals surface area contributed by atoms with Gasteiger partial charge in [0.2, 0.25) is 0 Å². The molecule has 0 aromatic rings. The van der Waals surface area contributed by atoms with Gasteiger partial charge in [-0.05, 0) is 36.7 Å². The van der Waals surface area contributed by atoms with Crippen molar-refractivity contribution in [1.29, 1.82) is 0 Å². The first-order valence-corrected chi connectivity index (χ1v) is 6.20. The van der Waals surface area contributed by atoms with Gasteiger partial charge in [0.25, 0.3) is 0 Å². The fourth-order valence-electron chi connectivity index (χ4n) is 1.08. The summed E-state index contributed by atoms with van der Waals surface area (Å²) in [6.07, 6.45) is 4.77. The maximum atomic E-state index is 5.83. The molecule has 1 unspecified atom stereocenters. The molecule has 0 aromatic carbocycles. The highest BCUT2D eigenvalue weighted by Gasteiger charge is 2.10. The van der Waals surface area contributed by atoms with Gasteiger partial charge in [-0.1, -0.05) is 13.8 Å². The largest absolute Gasteiger partial charge is 0.165 e. The van der Waals surface area contributed by atoms with E-state index in [4.69, 9.17) is 11.6 Å². The molecule has 0 rings (SSSR count). The molecule has 0 spiro atoms. The summed E-state index contributed by atoms with van der Waals surface area (Å²) in [4.78, 5) is 0. The summed E-state index contributed by atoms with van der Waals surface area (Å²) in [7, 11) is 0. The van der Waals surface area contributed by atoms with E-state index < -0.39 is 0 Å². The van der Waals surface area contributed by atoms with Crippen molar-refractivity contribution in [3.8, 4) is 0 Å². The molecule has 1 atom stereocenters. The topological polar surface area (TPSA) is 0 Å². The van der Waals surface area contributed by atoms with Crippen LogP contribution in [0.15, 0.2) is 0 Å². The Labute approximate surface area is 80.1 Å². The number of thioether (sulfide) groups is 1. The zero-order valence-electron chi connectivity index (χ0n) is 7.77. The number of hydrogen-bond acceptors (Lipinski definition) is 1. The van der Waals surface area contributed by atoms with E-state index in [1.807, 2.05) is 11.8 Å². The van der Waals surface area contributed by atoms with Crippen LogP contribution in [0.1, 0.15) is 26.7 Å². The van der Waals surface area contributed by atoms with E-state index in [2.05, 4.69) is 20.1 Å². The van der Waals surface area contributed by atoms with Crippen molar-refractivity contribution in [2.24, 2.45) is 11.8 Å². The normalized spacial score (nSPS) is 13.9. The van der Waals surface area contributed by atoms with E-state index >= 15 is 0 Å². The molecule has 0 fully saturated rings. The molecule has 0 nitrogen and oxygen atoms in total. The Kier molecular flexibility index (Phi) is 7.72. The molecule has 0 aliphatic heterocycles. The van der Waals surface area contributed by atoms with Gasteiger partial charge >= 0.3 is 0 Å². The van der Waals surface area contributed by atoms with Crippen LogP contribution < -0.4 is 0 Å². The van der Waals surface area contributed by atoms with Crippen molar-refractivity contribution >= 4 is 23.4 Å². The van der Waals surface area contributed by atoms with Crippen LogP contribution in [0.5, 0.6) is 0 Å². The molecule has 11 heavy (non-hydrogen) atoms. The van der Waals surface area contributed by atoms with Crippen LogP contribution in [-0.2, 0) is 0 Å². The first-order chi connectivity index (χ1) is 5.22. The van der Waals surface area contributed by atoms with E-state index in [0.717, 1.165) is 17.7 Å². The maximum Gasteiger partial charge on any atom is 0.0254 e. The highest BCUT2D eigenvalue weighted by Crippen LogP contribution is 2.19. The molecule has 2 heteroatoms. The van der Waals surface area contributed by atoms with Crippen LogP contribution in [0.4, 0.5) is 0 Å². The van der Waals surface area contributed by atoms with Gasteiger partial charge in [-0.2, -0.15) is 11.8 Å². The average molecular weight is 195 g/mol. The van der Waals surface area contributed by atoms with Crippen LogP contribution in [0, 0.1) is 11.8 Å². The Morgan fingerprint density at radius 2 is 2.00 bits per heavy atom. The maximum absolute atomic E-state index is 5.83. The fraction of sp³-hybridized carbons (Fsp3) is 1.00. The lowest BCUT2D eigenvalue weighted by Gasteiger charge is -2.16. The van der Waals surface area contributed by atoms with Gasteiger partial charge in [0.05, 0.1) is 0 Å². The van der Waals surface area contributed by atoms with Gasteiger partial charge in [-0.25, -0.2) is 0 Å². The lowest BCUT2D eigenvalue weighted by molar-refractivity contribution is 0.395. The second kappa shape index (κ2) is 7.30. The summed E-state index contributed by atoms with van der Waals surface area (Å²) in [6, 6.07) is 0. The molecule has 0 radical (unpaired) electrons. The molecule has 0 aliphatic rings. The minimum Gasteiger partial charge on any atom is -0.165 e. The Bertz CT molecular complexity index is 83.6. The SMILES string of the molecule is CSCCCC(CCl)C(C)C. The molecular formula is C9H19ClS. The van der Waals surface area contributed by atoms with E-state index in [1.165, 1.54) is 18.6 Å². The quantitative estimate of drug-likeness (QED) is 0.460. The van der Waals surface area contributed by atoms with E-state index in [-0.39, 0.29) is 0 Å². The van der Waals surface area contributed by atoms with Crippen molar-refractivity contribution < 1.29 is 0 Å². The van der Waals surface area contributed by atoms with Gasteiger partial charge in [0.1, 0.15) is 0 Å². The molecular weight excluding hydrogens is 176 g/mol. The van der Waals surface area contributed by atoms with Crippen LogP contribution in [0.25, 0.3) is 0 Å². The smallest absolute Gasteiger partial charge is 0.0254 e. The molecule has 0 bridgehead atoms. The van der Waals surface area contributed by atoms with Crippen molar-refractivity contribution in [3.05, 3.63) is 0 Å². The highest BCUT2D eigenvalue weighted by molar-refractivity contribution is 7.98. The third-order valence-corrected chi connectivity index (χ3v) is 3.16. The van der Waals surface area contributed by atoms with Crippen LogP contribution >= 0.6 is 23.4 Å². The Hall–Kier alpha value is 0.640. The molecule has 0 saturated heterocycles. The van der Waals surface area contributed by atoms with E-state index in [9.17, 15) is 0 Å². The van der Waals surface area contributed by atoms with Crippen molar-refractivity contribution in [2.45, 2.75) is 26.7 Å². The van der Waals surface area contributed by atoms with Crippen LogP contribution in [-0.4, -0.2) is 17.9 Å². The van der Waals surface area contributed by atoms with Crippen molar-refractivity contribution in [1.82, 2.24) is 0 Å². The molecule has 68 valence electrons. The standard InChI is InChI=1S/C9H19ClS/c1-8(2)9(7-10)5-4-6-11-3/h8-9H,4-7H2,1-3H3. The predicted molar refractivity (Wildman–Crippen MR) is 56.7 cm³/mol. The zero-order valence-corrected chi connectivity index (χ0v) is 9.34. The Morgan fingerprint density at radius 3 is 2.36 bits per heavy atom. The third-order valence-electron chi connectivity index (χ3n) is 2.06. The molecule has 0 heterocycles. The number of rotatable bonds is 6. The van der Waals surface area contributed by atoms with Gasteiger partial charge in [0, 0.05) is 5.88 Å². The van der Waals surface area contributed by atoms with Gasteiger partial charge < -0.3 is 0 Å². The Morgan fingerprint density at radius 1 is 1.36 bits per heavy atom. The lowest BCUT2D eigenvalue weighted by atomic mass is 9.93. The summed E-state index contributed by atoms with van der Waals surface area (Å²) in [6.45, 7) is 4.51. The Balaban J connectivity index is 3.36. The zero-order chi connectivity index (χ0) is 8.69. The van der Waals surface area contributed by atoms with Crippen LogP contribution in [0.3, 0.4) is 0 Å². The summed E-state index contributed by atoms with van der Waals surface area (Å²) in [5.41, 5.74) is 0. The number of hydrogen-bond donors (Lipinski definition) is 0. The average Bonchev–Trinajstić information content (AvgIpc) is 1.97. The second-order valence-electron chi connectivity index (χ2n) is 3.29. The highest BCUT2D eigenvalue weighted by atomic mass is 35.5. The van der Waals surface area contributed by atoms with Crippen molar-refractivity contribution in [2.75, 3.05) is 17.9 Å². The molecule has 0 aliphatic carbocycles. The summed E-state index contributed by atoms with van der Waals surface area (Å²) in [5, 5.41) is 0. The van der Waals surface area contributed by atoms with E-state index in [0.29, 0.717) is 0 Å². The summed E-state index contributed by atoms with van der Waals surface area (Å²) < 4.78 is 0. The second-order valence-corrected chi connectivity index (χ2v) is 4.59.